The van der Waals surface area contributed by atoms with Crippen molar-refractivity contribution in [3.8, 4) is 11.3 Å². The summed E-state index contributed by atoms with van der Waals surface area (Å²) in [5, 5.41) is 9.41. The fraction of sp³-hybridized carbons (Fsp3) is 0.100. The number of hydrogen-bond donors (Lipinski definition) is 1. The molecule has 0 radical (unpaired) electrons. The van der Waals surface area contributed by atoms with Gasteiger partial charge in [0.05, 0.1) is 17.0 Å². The molecular weight excluding hydrogens is 364 g/mol. The number of aromatic nitrogens is 2. The third kappa shape index (κ3) is 3.98. The Bertz CT molecular complexity index is 1090. The summed E-state index contributed by atoms with van der Waals surface area (Å²) in [6, 6.07) is 13.8. The van der Waals surface area contributed by atoms with Crippen LogP contribution in [0.5, 0.6) is 0 Å². The lowest BCUT2D eigenvalue weighted by Gasteiger charge is -2.11. The molecule has 0 saturated carbocycles. The van der Waals surface area contributed by atoms with Gasteiger partial charge in [0.25, 0.3) is 0 Å². The number of carboxylic acids is 1. The molecule has 2 heterocycles. The Labute approximate surface area is 157 Å². The number of hydrogen-bond acceptors (Lipinski definition) is 4. The molecule has 3 aromatic rings. The molecule has 0 unspecified atom stereocenters. The molecule has 138 valence electrons. The summed E-state index contributed by atoms with van der Waals surface area (Å²) in [5.41, 5.74) is 1.89. The Morgan fingerprint density at radius 2 is 1.93 bits per heavy atom. The zero-order valence-corrected chi connectivity index (χ0v) is 15.4. The number of nitrogens with zero attached hydrogens (tertiary/aromatic N) is 2. The first-order chi connectivity index (χ1) is 12.9. The van der Waals surface area contributed by atoms with Crippen molar-refractivity contribution >= 4 is 22.1 Å². The molecule has 6 nitrogen and oxygen atoms in total. The van der Waals surface area contributed by atoms with E-state index in [9.17, 15) is 18.3 Å². The van der Waals surface area contributed by atoms with Crippen LogP contribution in [0.2, 0.25) is 0 Å². The molecule has 0 saturated heterocycles. The maximum atomic E-state index is 13.0. The zero-order valence-electron chi connectivity index (χ0n) is 14.6. The van der Waals surface area contributed by atoms with Gasteiger partial charge in [-0.2, -0.15) is 0 Å². The van der Waals surface area contributed by atoms with Crippen LogP contribution < -0.4 is 0 Å². The molecule has 0 spiro atoms. The van der Waals surface area contributed by atoms with Crippen LogP contribution in [0.3, 0.4) is 0 Å². The molecule has 0 atom stereocenters. The van der Waals surface area contributed by atoms with Crippen molar-refractivity contribution in [1.82, 2.24) is 8.96 Å². The smallest absolute Gasteiger partial charge is 0.337 e. The first-order valence-electron chi connectivity index (χ1n) is 8.21. The molecule has 3 rings (SSSR count). The van der Waals surface area contributed by atoms with E-state index in [1.54, 1.807) is 48.8 Å². The van der Waals surface area contributed by atoms with Crippen molar-refractivity contribution in [2.24, 2.45) is 0 Å². The second-order valence-corrected chi connectivity index (χ2v) is 7.79. The minimum atomic E-state index is -3.81. The van der Waals surface area contributed by atoms with Crippen LogP contribution >= 0.6 is 0 Å². The minimum Gasteiger partial charge on any atom is -0.478 e. The number of pyridine rings is 1. The predicted octanol–water partition coefficient (Wildman–Crippen LogP) is 3.45. The quantitative estimate of drug-likeness (QED) is 0.705. The van der Waals surface area contributed by atoms with E-state index in [2.05, 4.69) is 4.98 Å². The highest BCUT2D eigenvalue weighted by Crippen LogP contribution is 2.28. The van der Waals surface area contributed by atoms with Crippen LogP contribution in [0.4, 0.5) is 0 Å². The van der Waals surface area contributed by atoms with Gasteiger partial charge >= 0.3 is 5.97 Å². The van der Waals surface area contributed by atoms with Gasteiger partial charge in [0.1, 0.15) is 0 Å². The Hall–Kier alpha value is -3.19. The van der Waals surface area contributed by atoms with E-state index in [1.165, 1.54) is 19.1 Å². The number of rotatable bonds is 6. The van der Waals surface area contributed by atoms with Crippen molar-refractivity contribution in [3.05, 3.63) is 83.8 Å². The van der Waals surface area contributed by atoms with Crippen molar-refractivity contribution in [2.45, 2.75) is 6.92 Å². The molecule has 0 aliphatic carbocycles. The van der Waals surface area contributed by atoms with Crippen LogP contribution in [-0.2, 0) is 10.0 Å². The highest BCUT2D eigenvalue weighted by atomic mass is 32.2. The zero-order chi connectivity index (χ0) is 19.4. The predicted molar refractivity (Wildman–Crippen MR) is 104 cm³/mol. The van der Waals surface area contributed by atoms with Crippen molar-refractivity contribution < 1.29 is 18.3 Å². The molecule has 0 fully saturated rings. The highest BCUT2D eigenvalue weighted by Gasteiger charge is 2.25. The normalized spacial score (nSPS) is 11.7. The van der Waals surface area contributed by atoms with Crippen LogP contribution in [0, 0.1) is 6.92 Å². The topological polar surface area (TPSA) is 89.3 Å². The van der Waals surface area contributed by atoms with Gasteiger partial charge in [-0.3, -0.25) is 4.98 Å². The molecular formula is C20H18N2O4S. The highest BCUT2D eigenvalue weighted by molar-refractivity contribution is 7.90. The van der Waals surface area contributed by atoms with E-state index >= 15 is 0 Å². The van der Waals surface area contributed by atoms with Gasteiger partial charge in [-0.25, -0.2) is 17.2 Å². The summed E-state index contributed by atoms with van der Waals surface area (Å²) >= 11 is 0. The van der Waals surface area contributed by atoms with E-state index < -0.39 is 16.0 Å². The number of carboxylic acid groups (broad SMARTS) is 1. The van der Waals surface area contributed by atoms with Gasteiger partial charge in [0.15, 0.2) is 0 Å². The number of aromatic carboxylic acids is 1. The second kappa shape index (κ2) is 7.59. The number of benzene rings is 1. The van der Waals surface area contributed by atoms with Crippen LogP contribution in [0.1, 0.15) is 21.6 Å². The van der Waals surface area contributed by atoms with Gasteiger partial charge in [0.2, 0.25) is 10.0 Å². The van der Waals surface area contributed by atoms with Crippen molar-refractivity contribution in [2.75, 3.05) is 5.75 Å². The lowest BCUT2D eigenvalue weighted by atomic mass is 10.1. The molecule has 0 amide bonds. The fourth-order valence-corrected chi connectivity index (χ4v) is 4.29. The van der Waals surface area contributed by atoms with Gasteiger partial charge in [0, 0.05) is 18.1 Å². The standard InChI is InChI=1S/C20H18N2O4S/c1-15-18(20(23)24)13-19(17-9-3-2-4-10-17)22(15)27(25,26)12-6-8-16-7-5-11-21-14-16/h2-11,13-14H,12H2,1H3,(H,23,24). The average Bonchev–Trinajstić information content (AvgIpc) is 3.01. The molecule has 0 aliphatic rings. The lowest BCUT2D eigenvalue weighted by molar-refractivity contribution is 0.0696. The minimum absolute atomic E-state index is 0.0336. The van der Waals surface area contributed by atoms with Gasteiger partial charge < -0.3 is 5.11 Å². The Kier molecular flexibility index (Phi) is 5.23. The monoisotopic (exact) mass is 382 g/mol. The van der Waals surface area contributed by atoms with Crippen molar-refractivity contribution in [3.63, 3.8) is 0 Å². The summed E-state index contributed by atoms with van der Waals surface area (Å²) in [5.74, 6) is -1.43. The molecule has 0 bridgehead atoms. The Balaban J connectivity index is 2.03. The maximum Gasteiger partial charge on any atom is 0.337 e. The van der Waals surface area contributed by atoms with Crippen LogP contribution in [0.25, 0.3) is 17.3 Å². The van der Waals surface area contributed by atoms with E-state index in [-0.39, 0.29) is 17.0 Å². The fourth-order valence-electron chi connectivity index (χ4n) is 2.83. The number of carbonyl (C=O) groups is 1. The average molecular weight is 382 g/mol. The lowest BCUT2D eigenvalue weighted by Crippen LogP contribution is -2.18. The van der Waals surface area contributed by atoms with E-state index in [1.807, 2.05) is 12.1 Å². The first-order valence-corrected chi connectivity index (χ1v) is 9.82. The molecule has 2 aromatic heterocycles. The maximum absolute atomic E-state index is 13.0. The van der Waals surface area contributed by atoms with Gasteiger partial charge in [-0.1, -0.05) is 48.6 Å². The van der Waals surface area contributed by atoms with E-state index in [0.29, 0.717) is 11.3 Å². The molecule has 0 aliphatic heterocycles. The SMILES string of the molecule is Cc1c(C(=O)O)cc(-c2ccccc2)n1S(=O)(=O)CC=Cc1cccnc1. The van der Waals surface area contributed by atoms with Crippen molar-refractivity contribution in [1.29, 1.82) is 0 Å². The second-order valence-electron chi connectivity index (χ2n) is 5.93. The summed E-state index contributed by atoms with van der Waals surface area (Å²) in [6.07, 6.45) is 6.46. The summed E-state index contributed by atoms with van der Waals surface area (Å²) < 4.78 is 27.1. The van der Waals surface area contributed by atoms with Crippen LogP contribution in [0.15, 0.2) is 67.0 Å². The molecule has 7 heteroatoms. The van der Waals surface area contributed by atoms with Gasteiger partial charge in [-0.15, -0.1) is 0 Å². The van der Waals surface area contributed by atoms with E-state index in [0.717, 1.165) is 9.54 Å². The third-order valence-corrected chi connectivity index (χ3v) is 5.71. The largest absolute Gasteiger partial charge is 0.478 e. The summed E-state index contributed by atoms with van der Waals surface area (Å²) in [7, 11) is -3.81. The Morgan fingerprint density at radius 3 is 2.56 bits per heavy atom. The molecule has 27 heavy (non-hydrogen) atoms. The molecule has 1 N–H and O–H groups in total. The molecule has 1 aromatic carbocycles. The summed E-state index contributed by atoms with van der Waals surface area (Å²) in [4.78, 5) is 15.5. The van der Waals surface area contributed by atoms with Crippen LogP contribution in [-0.4, -0.2) is 34.2 Å². The summed E-state index contributed by atoms with van der Waals surface area (Å²) in [6.45, 7) is 1.50. The van der Waals surface area contributed by atoms with Gasteiger partial charge in [-0.05, 0) is 30.2 Å². The first kappa shape index (κ1) is 18.6. The Morgan fingerprint density at radius 1 is 1.19 bits per heavy atom. The third-order valence-electron chi connectivity index (χ3n) is 4.07. The van der Waals surface area contributed by atoms with E-state index in [4.69, 9.17) is 0 Å².